The molecular weight excluding hydrogens is 287 g/mol. The summed E-state index contributed by atoms with van der Waals surface area (Å²) in [5.41, 5.74) is -1.36. The second kappa shape index (κ2) is 4.41. The van der Waals surface area contributed by atoms with Crippen molar-refractivity contribution in [2.75, 3.05) is 0 Å². The van der Waals surface area contributed by atoms with Crippen molar-refractivity contribution < 1.29 is 27.2 Å². The van der Waals surface area contributed by atoms with Gasteiger partial charge in [-0.3, -0.25) is 9.59 Å². The molecule has 0 fully saturated rings. The Morgan fingerprint density at radius 1 is 1.19 bits per heavy atom. The van der Waals surface area contributed by atoms with Gasteiger partial charge >= 0.3 is 6.18 Å². The van der Waals surface area contributed by atoms with Crippen molar-refractivity contribution in [1.29, 1.82) is 0 Å². The summed E-state index contributed by atoms with van der Waals surface area (Å²) in [7, 11) is 0. The molecule has 1 aromatic heterocycles. The summed E-state index contributed by atoms with van der Waals surface area (Å²) in [6, 6.07) is 5.40. The fraction of sp³-hybridized carbons (Fsp3) is 0.0714. The molecule has 2 aromatic rings. The molecule has 21 heavy (non-hydrogen) atoms. The van der Waals surface area contributed by atoms with Crippen LogP contribution in [0.5, 0.6) is 0 Å². The monoisotopic (exact) mass is 293 g/mol. The van der Waals surface area contributed by atoms with Crippen LogP contribution in [0.3, 0.4) is 0 Å². The van der Waals surface area contributed by atoms with Crippen LogP contribution in [0.25, 0.3) is 5.57 Å². The van der Waals surface area contributed by atoms with Crippen molar-refractivity contribution in [1.82, 2.24) is 0 Å². The van der Waals surface area contributed by atoms with Gasteiger partial charge in [-0.2, -0.15) is 13.2 Å². The van der Waals surface area contributed by atoms with E-state index in [9.17, 15) is 22.8 Å². The van der Waals surface area contributed by atoms with Crippen LogP contribution in [0.15, 0.2) is 46.0 Å². The van der Waals surface area contributed by atoms with Crippen molar-refractivity contribution in [2.45, 2.75) is 6.18 Å². The van der Waals surface area contributed by atoms with E-state index in [1.165, 1.54) is 18.4 Å². The van der Waals surface area contributed by atoms with Gasteiger partial charge in [-0.15, -0.1) is 0 Å². The molecule has 1 aliphatic rings. The van der Waals surface area contributed by atoms with E-state index < -0.39 is 29.0 Å². The van der Waals surface area contributed by atoms with Crippen LogP contribution < -0.4 is 10.6 Å². The predicted molar refractivity (Wildman–Crippen MR) is 63.7 cm³/mol. The third-order valence-corrected chi connectivity index (χ3v) is 3.00. The number of rotatable bonds is 2. The third-order valence-electron chi connectivity index (χ3n) is 3.00. The van der Waals surface area contributed by atoms with Gasteiger partial charge in [0.2, 0.25) is 5.78 Å². The number of carbonyl (C=O) groups excluding carboxylic acids is 2. The first kappa shape index (κ1) is 13.3. The lowest BCUT2D eigenvalue weighted by molar-refractivity contribution is -0.137. The van der Waals surface area contributed by atoms with Crippen LogP contribution in [0.1, 0.15) is 16.1 Å². The third kappa shape index (κ3) is 2.16. The standard InChI is InChI=1S/C14H6F3NO3/c15-14(16,17)7-3-4-9-8(6-7)11(13(20)18-9)12(19)10-2-1-5-21-10/h1-6H. The van der Waals surface area contributed by atoms with E-state index in [-0.39, 0.29) is 16.3 Å². The smallest absolute Gasteiger partial charge is 0.416 e. The van der Waals surface area contributed by atoms with Crippen molar-refractivity contribution >= 4 is 17.3 Å². The van der Waals surface area contributed by atoms with Crippen LogP contribution in [0.4, 0.5) is 13.2 Å². The van der Waals surface area contributed by atoms with Gasteiger partial charge in [-0.25, -0.2) is 4.99 Å². The molecule has 0 spiro atoms. The Morgan fingerprint density at radius 2 is 1.95 bits per heavy atom. The lowest BCUT2D eigenvalue weighted by atomic mass is 10.0. The Hall–Kier alpha value is -2.70. The Morgan fingerprint density at radius 3 is 2.57 bits per heavy atom. The minimum absolute atomic E-state index is 0.0444. The fourth-order valence-corrected chi connectivity index (χ4v) is 2.04. The van der Waals surface area contributed by atoms with Gasteiger partial charge in [0.25, 0.3) is 5.91 Å². The molecular formula is C14H6F3NO3. The molecule has 0 radical (unpaired) electrons. The SMILES string of the molecule is O=C1N=c2ccc(C(F)(F)F)cc2=C1C(=O)c1ccco1. The second-order valence-electron chi connectivity index (χ2n) is 4.33. The lowest BCUT2D eigenvalue weighted by Gasteiger charge is -2.05. The largest absolute Gasteiger partial charge is 0.461 e. The summed E-state index contributed by atoms with van der Waals surface area (Å²) in [5.74, 6) is -1.78. The molecule has 0 N–H and O–H groups in total. The van der Waals surface area contributed by atoms with E-state index in [2.05, 4.69) is 4.99 Å². The Balaban J connectivity index is 2.26. The molecule has 0 saturated carbocycles. The number of benzene rings is 1. The number of ketones is 1. The van der Waals surface area contributed by atoms with Gasteiger partial charge < -0.3 is 4.42 Å². The summed E-state index contributed by atoms with van der Waals surface area (Å²) in [6.07, 6.45) is -3.34. The lowest BCUT2D eigenvalue weighted by Crippen LogP contribution is -2.27. The normalized spacial score (nSPS) is 14.0. The second-order valence-corrected chi connectivity index (χ2v) is 4.33. The van der Waals surface area contributed by atoms with E-state index in [0.717, 1.165) is 18.2 Å². The summed E-state index contributed by atoms with van der Waals surface area (Å²) in [6.45, 7) is 0. The van der Waals surface area contributed by atoms with Crippen molar-refractivity contribution in [3.8, 4) is 0 Å². The van der Waals surface area contributed by atoms with Gasteiger partial charge in [0.05, 0.1) is 17.2 Å². The highest BCUT2D eigenvalue weighted by Gasteiger charge is 2.32. The minimum Gasteiger partial charge on any atom is -0.461 e. The molecule has 3 rings (SSSR count). The number of nitrogens with zero attached hydrogens (tertiary/aromatic N) is 1. The first-order chi connectivity index (χ1) is 9.88. The van der Waals surface area contributed by atoms with E-state index in [1.54, 1.807) is 0 Å². The van der Waals surface area contributed by atoms with Crippen LogP contribution in [-0.4, -0.2) is 11.7 Å². The predicted octanol–water partition coefficient (Wildman–Crippen LogP) is 1.49. The van der Waals surface area contributed by atoms with Gasteiger partial charge in [-0.05, 0) is 30.3 Å². The molecule has 0 aliphatic carbocycles. The average Bonchev–Trinajstić information content (AvgIpc) is 3.02. The van der Waals surface area contributed by atoms with E-state index in [0.29, 0.717) is 0 Å². The summed E-state index contributed by atoms with van der Waals surface area (Å²) >= 11 is 0. The van der Waals surface area contributed by atoms with Gasteiger partial charge in [-0.1, -0.05) is 0 Å². The molecule has 1 aromatic carbocycles. The number of hydrogen-bond acceptors (Lipinski definition) is 3. The van der Waals surface area contributed by atoms with Gasteiger partial charge in [0.15, 0.2) is 5.76 Å². The molecule has 1 amide bonds. The van der Waals surface area contributed by atoms with E-state index in [1.807, 2.05) is 0 Å². The quantitative estimate of drug-likeness (QED) is 0.788. The van der Waals surface area contributed by atoms with Crippen molar-refractivity contribution in [3.05, 3.63) is 58.5 Å². The first-order valence-electron chi connectivity index (χ1n) is 5.81. The number of fused-ring (bicyclic) bond motifs is 1. The van der Waals surface area contributed by atoms with Crippen LogP contribution in [0, 0.1) is 0 Å². The zero-order valence-corrected chi connectivity index (χ0v) is 10.3. The average molecular weight is 293 g/mol. The van der Waals surface area contributed by atoms with Crippen LogP contribution in [0.2, 0.25) is 0 Å². The maximum Gasteiger partial charge on any atom is 0.416 e. The molecule has 106 valence electrons. The minimum atomic E-state index is -4.57. The topological polar surface area (TPSA) is 59.6 Å². The fourth-order valence-electron chi connectivity index (χ4n) is 2.04. The van der Waals surface area contributed by atoms with Gasteiger partial charge in [0, 0.05) is 5.22 Å². The summed E-state index contributed by atoms with van der Waals surface area (Å²) < 4.78 is 43.1. The summed E-state index contributed by atoms with van der Waals surface area (Å²) in [5, 5.41) is -0.0841. The number of hydrogen-bond donors (Lipinski definition) is 0. The van der Waals surface area contributed by atoms with Crippen LogP contribution >= 0.6 is 0 Å². The molecule has 0 saturated heterocycles. The molecule has 2 heterocycles. The number of halogens is 3. The molecule has 7 heteroatoms. The maximum absolute atomic E-state index is 12.7. The molecule has 4 nitrogen and oxygen atoms in total. The number of furan rings is 1. The van der Waals surface area contributed by atoms with Gasteiger partial charge in [0.1, 0.15) is 5.57 Å². The molecule has 0 atom stereocenters. The Kier molecular flexibility index (Phi) is 2.79. The number of amides is 1. The van der Waals surface area contributed by atoms with E-state index >= 15 is 0 Å². The maximum atomic E-state index is 12.7. The molecule has 0 bridgehead atoms. The van der Waals surface area contributed by atoms with E-state index in [4.69, 9.17) is 4.42 Å². The summed E-state index contributed by atoms with van der Waals surface area (Å²) in [4.78, 5) is 27.5. The van der Waals surface area contributed by atoms with Crippen LogP contribution in [-0.2, 0) is 11.0 Å². The number of Topliss-reactive ketones (excluding diaryl/α,β-unsaturated/α-hetero) is 1. The Labute approximate surface area is 115 Å². The van der Waals surface area contributed by atoms with Crippen molar-refractivity contribution in [3.63, 3.8) is 0 Å². The highest BCUT2D eigenvalue weighted by Crippen LogP contribution is 2.27. The first-order valence-corrected chi connectivity index (χ1v) is 5.81. The molecule has 1 aliphatic heterocycles. The molecule has 0 unspecified atom stereocenters. The highest BCUT2D eigenvalue weighted by molar-refractivity contribution is 6.45. The number of alkyl halides is 3. The van der Waals surface area contributed by atoms with Crippen molar-refractivity contribution in [2.24, 2.45) is 4.99 Å². The zero-order chi connectivity index (χ0) is 15.2. The highest BCUT2D eigenvalue weighted by atomic mass is 19.4. The number of carbonyl (C=O) groups is 2. The Bertz CT molecular complexity index is 864. The zero-order valence-electron chi connectivity index (χ0n) is 10.3.